The fraction of sp³-hybridized carbons (Fsp3) is 0.185. The normalized spacial score (nSPS) is 17.3. The highest BCUT2D eigenvalue weighted by molar-refractivity contribution is 6.46. The van der Waals surface area contributed by atoms with E-state index in [2.05, 4.69) is 0 Å². The molecule has 3 aromatic rings. The second kappa shape index (κ2) is 9.61. The lowest BCUT2D eigenvalue weighted by Crippen LogP contribution is -2.29. The highest BCUT2D eigenvalue weighted by atomic mass is 16.5. The highest BCUT2D eigenvalue weighted by Gasteiger charge is 2.46. The van der Waals surface area contributed by atoms with Crippen molar-refractivity contribution in [1.82, 2.24) is 4.90 Å². The molecule has 1 aliphatic heterocycles. The molecule has 4 rings (SSSR count). The van der Waals surface area contributed by atoms with E-state index < -0.39 is 17.7 Å². The van der Waals surface area contributed by atoms with Crippen LogP contribution in [0.4, 0.5) is 0 Å². The number of aliphatic hydroxyl groups excluding tert-OH is 1. The maximum absolute atomic E-state index is 13.2. The van der Waals surface area contributed by atoms with Gasteiger partial charge in [-0.3, -0.25) is 9.59 Å². The Hall–Kier alpha value is -4.06. The Morgan fingerprint density at radius 2 is 1.67 bits per heavy atom. The second-order valence-corrected chi connectivity index (χ2v) is 7.65. The molecule has 0 radical (unpaired) electrons. The Balaban J connectivity index is 1.83. The van der Waals surface area contributed by atoms with Gasteiger partial charge in [-0.05, 0) is 54.4 Å². The summed E-state index contributed by atoms with van der Waals surface area (Å²) in [6, 6.07) is 22.7. The number of carbonyl (C=O) groups excluding carboxylic acids is 2. The van der Waals surface area contributed by atoms with Crippen LogP contribution in [0.25, 0.3) is 5.76 Å². The summed E-state index contributed by atoms with van der Waals surface area (Å²) in [7, 11) is 1.56. The van der Waals surface area contributed by atoms with Crippen molar-refractivity contribution in [2.75, 3.05) is 13.7 Å². The first-order valence-electron chi connectivity index (χ1n) is 10.7. The van der Waals surface area contributed by atoms with Crippen LogP contribution >= 0.6 is 0 Å². The monoisotopic (exact) mass is 443 g/mol. The van der Waals surface area contributed by atoms with E-state index in [-0.39, 0.29) is 17.9 Å². The lowest BCUT2D eigenvalue weighted by Gasteiger charge is -2.25. The number of methoxy groups -OCH3 is 1. The van der Waals surface area contributed by atoms with E-state index in [9.17, 15) is 14.7 Å². The molecule has 1 N–H and O–H groups in total. The Morgan fingerprint density at radius 3 is 2.33 bits per heavy atom. The van der Waals surface area contributed by atoms with Gasteiger partial charge in [-0.1, -0.05) is 42.5 Å². The zero-order valence-corrected chi connectivity index (χ0v) is 18.5. The van der Waals surface area contributed by atoms with Gasteiger partial charge in [0.1, 0.15) is 17.3 Å². The first-order valence-corrected chi connectivity index (χ1v) is 10.7. The average Bonchev–Trinajstić information content (AvgIpc) is 3.10. The number of aliphatic hydroxyl groups is 1. The van der Waals surface area contributed by atoms with Gasteiger partial charge in [0.25, 0.3) is 11.7 Å². The third-order valence-electron chi connectivity index (χ3n) is 5.58. The summed E-state index contributed by atoms with van der Waals surface area (Å²) in [6.07, 6.45) is 0. The minimum absolute atomic E-state index is 0.0494. The van der Waals surface area contributed by atoms with E-state index in [1.54, 1.807) is 49.6 Å². The molecular weight excluding hydrogens is 418 g/mol. The third kappa shape index (κ3) is 4.46. The van der Waals surface area contributed by atoms with Gasteiger partial charge in [-0.2, -0.15) is 0 Å². The topological polar surface area (TPSA) is 76.1 Å². The lowest BCUT2D eigenvalue weighted by atomic mass is 9.95. The first kappa shape index (κ1) is 22.1. The van der Waals surface area contributed by atoms with Crippen LogP contribution in [0.5, 0.6) is 11.5 Å². The molecule has 1 aliphatic rings. The number of ether oxygens (including phenoxy) is 2. The molecule has 1 amide bonds. The van der Waals surface area contributed by atoms with Crippen LogP contribution in [0.15, 0.2) is 84.4 Å². The fourth-order valence-electron chi connectivity index (χ4n) is 4.01. The van der Waals surface area contributed by atoms with Crippen LogP contribution in [0.2, 0.25) is 0 Å². The van der Waals surface area contributed by atoms with E-state index in [0.29, 0.717) is 29.2 Å². The highest BCUT2D eigenvalue weighted by Crippen LogP contribution is 2.41. The van der Waals surface area contributed by atoms with E-state index in [1.165, 1.54) is 4.90 Å². The Morgan fingerprint density at radius 1 is 0.939 bits per heavy atom. The predicted octanol–water partition coefficient (Wildman–Crippen LogP) is 4.72. The SMILES string of the molecule is CCOc1ccc(/C(O)=C2\C(=O)C(=O)N(Cc3ccccc3)C2c2cccc(OC)c2)cc1. The van der Waals surface area contributed by atoms with E-state index in [4.69, 9.17) is 9.47 Å². The van der Waals surface area contributed by atoms with Crippen molar-refractivity contribution in [2.24, 2.45) is 0 Å². The summed E-state index contributed by atoms with van der Waals surface area (Å²) in [5.74, 6) is -0.342. The summed E-state index contributed by atoms with van der Waals surface area (Å²) in [5, 5.41) is 11.2. The Bertz CT molecular complexity index is 1180. The molecular formula is C27H25NO5. The fourth-order valence-corrected chi connectivity index (χ4v) is 4.01. The van der Waals surface area contributed by atoms with Crippen molar-refractivity contribution >= 4 is 17.4 Å². The number of likely N-dealkylation sites (tertiary alicyclic amines) is 1. The maximum Gasteiger partial charge on any atom is 0.295 e. The van der Waals surface area contributed by atoms with Crippen molar-refractivity contribution in [2.45, 2.75) is 19.5 Å². The number of Topliss-reactive ketones (excluding diaryl/α,β-unsaturated/α-hetero) is 1. The Kier molecular flexibility index (Phi) is 6.45. The van der Waals surface area contributed by atoms with Crippen molar-refractivity contribution in [1.29, 1.82) is 0 Å². The van der Waals surface area contributed by atoms with Crippen LogP contribution in [0.1, 0.15) is 29.7 Å². The summed E-state index contributed by atoms with van der Waals surface area (Å²) in [6.45, 7) is 2.63. The quantitative estimate of drug-likeness (QED) is 0.325. The maximum atomic E-state index is 13.2. The molecule has 1 saturated heterocycles. The number of rotatable bonds is 7. The van der Waals surface area contributed by atoms with Crippen LogP contribution in [-0.2, 0) is 16.1 Å². The van der Waals surface area contributed by atoms with E-state index in [0.717, 1.165) is 5.56 Å². The van der Waals surface area contributed by atoms with Gasteiger partial charge in [-0.25, -0.2) is 0 Å². The molecule has 6 nitrogen and oxygen atoms in total. The number of carbonyl (C=O) groups is 2. The zero-order valence-electron chi connectivity index (χ0n) is 18.5. The van der Waals surface area contributed by atoms with Gasteiger partial charge >= 0.3 is 0 Å². The van der Waals surface area contributed by atoms with Gasteiger partial charge < -0.3 is 19.5 Å². The molecule has 1 unspecified atom stereocenters. The number of hydrogen-bond acceptors (Lipinski definition) is 5. The molecule has 33 heavy (non-hydrogen) atoms. The molecule has 1 fully saturated rings. The van der Waals surface area contributed by atoms with Gasteiger partial charge in [-0.15, -0.1) is 0 Å². The van der Waals surface area contributed by atoms with Crippen molar-refractivity contribution in [3.05, 3.63) is 101 Å². The molecule has 6 heteroatoms. The minimum atomic E-state index is -0.758. The molecule has 1 atom stereocenters. The summed E-state index contributed by atoms with van der Waals surface area (Å²) >= 11 is 0. The number of ketones is 1. The van der Waals surface area contributed by atoms with E-state index in [1.807, 2.05) is 43.3 Å². The molecule has 168 valence electrons. The first-order chi connectivity index (χ1) is 16.0. The number of hydrogen-bond donors (Lipinski definition) is 1. The van der Waals surface area contributed by atoms with Crippen molar-refractivity contribution < 1.29 is 24.2 Å². The summed E-state index contributed by atoms with van der Waals surface area (Å²) < 4.78 is 10.8. The number of benzene rings is 3. The van der Waals surface area contributed by atoms with Crippen LogP contribution in [-0.4, -0.2) is 35.4 Å². The molecule has 0 bridgehead atoms. The summed E-state index contributed by atoms with van der Waals surface area (Å²) in [4.78, 5) is 27.8. The van der Waals surface area contributed by atoms with Crippen molar-refractivity contribution in [3.8, 4) is 11.5 Å². The van der Waals surface area contributed by atoms with Gasteiger partial charge in [0.15, 0.2) is 0 Å². The standard InChI is InChI=1S/C27H25NO5/c1-3-33-21-14-12-19(13-15-21)25(29)23-24(20-10-7-11-22(16-20)32-2)28(27(31)26(23)30)17-18-8-5-4-6-9-18/h4-16,24,29H,3,17H2,1-2H3/b25-23+. The molecule has 0 saturated carbocycles. The van der Waals surface area contributed by atoms with E-state index >= 15 is 0 Å². The average molecular weight is 443 g/mol. The van der Waals surface area contributed by atoms with Gasteiger partial charge in [0, 0.05) is 12.1 Å². The third-order valence-corrected chi connectivity index (χ3v) is 5.58. The van der Waals surface area contributed by atoms with Gasteiger partial charge in [0.2, 0.25) is 0 Å². The minimum Gasteiger partial charge on any atom is -0.507 e. The lowest BCUT2D eigenvalue weighted by molar-refractivity contribution is -0.140. The van der Waals surface area contributed by atoms with Crippen LogP contribution in [0.3, 0.4) is 0 Å². The molecule has 0 spiro atoms. The molecule has 1 heterocycles. The molecule has 3 aromatic carbocycles. The smallest absolute Gasteiger partial charge is 0.295 e. The number of amides is 1. The molecule has 0 aliphatic carbocycles. The Labute approximate surface area is 192 Å². The van der Waals surface area contributed by atoms with Crippen LogP contribution < -0.4 is 9.47 Å². The zero-order chi connectivity index (χ0) is 23.4. The molecule has 0 aromatic heterocycles. The van der Waals surface area contributed by atoms with Crippen molar-refractivity contribution in [3.63, 3.8) is 0 Å². The largest absolute Gasteiger partial charge is 0.507 e. The second-order valence-electron chi connectivity index (χ2n) is 7.65. The number of nitrogens with zero attached hydrogens (tertiary/aromatic N) is 1. The van der Waals surface area contributed by atoms with Crippen LogP contribution in [0, 0.1) is 0 Å². The van der Waals surface area contributed by atoms with Gasteiger partial charge in [0.05, 0.1) is 25.3 Å². The predicted molar refractivity (Wildman–Crippen MR) is 125 cm³/mol. The summed E-state index contributed by atoms with van der Waals surface area (Å²) in [5.41, 5.74) is 2.04.